The van der Waals surface area contributed by atoms with Gasteiger partial charge in [-0.25, -0.2) is 0 Å². The number of carbonyl (C=O) groups is 1. The van der Waals surface area contributed by atoms with E-state index in [4.69, 9.17) is 10.5 Å². The Morgan fingerprint density at radius 2 is 2.11 bits per heavy atom. The second-order valence-electron chi connectivity index (χ2n) is 6.36. The molecule has 0 bridgehead atoms. The molecule has 0 spiro atoms. The number of carbonyl (C=O) groups excluding carboxylic acids is 1. The molecule has 110 valence electrons. The van der Waals surface area contributed by atoms with Crippen LogP contribution in [0.3, 0.4) is 0 Å². The van der Waals surface area contributed by atoms with Gasteiger partial charge in [-0.05, 0) is 38.5 Å². The van der Waals surface area contributed by atoms with Crippen LogP contribution in [0, 0.1) is 11.8 Å². The van der Waals surface area contributed by atoms with Gasteiger partial charge in [0.25, 0.3) is 0 Å². The number of nitrogens with zero attached hydrogens (tertiary/aromatic N) is 1. The van der Waals surface area contributed by atoms with E-state index in [1.807, 2.05) is 11.9 Å². The highest BCUT2D eigenvalue weighted by Gasteiger charge is 2.35. The molecule has 2 aliphatic rings. The Morgan fingerprint density at radius 3 is 2.68 bits per heavy atom. The summed E-state index contributed by atoms with van der Waals surface area (Å²) in [6.07, 6.45) is 5.54. The van der Waals surface area contributed by atoms with Crippen LogP contribution in [-0.2, 0) is 9.53 Å². The third-order valence-corrected chi connectivity index (χ3v) is 5.03. The van der Waals surface area contributed by atoms with E-state index in [0.717, 1.165) is 38.7 Å². The number of amides is 1. The van der Waals surface area contributed by atoms with Gasteiger partial charge in [0, 0.05) is 25.6 Å². The van der Waals surface area contributed by atoms with Crippen molar-refractivity contribution in [2.75, 3.05) is 13.7 Å². The van der Waals surface area contributed by atoms with Crippen LogP contribution in [0.2, 0.25) is 0 Å². The predicted octanol–water partition coefficient (Wildman–Crippen LogP) is 1.78. The monoisotopic (exact) mass is 268 g/mol. The van der Waals surface area contributed by atoms with Crippen molar-refractivity contribution in [2.45, 2.75) is 64.1 Å². The number of likely N-dealkylation sites (N-methyl/N-ethyl adjacent to an activating group) is 1. The maximum atomic E-state index is 12.6. The van der Waals surface area contributed by atoms with Crippen LogP contribution in [0.4, 0.5) is 0 Å². The Hall–Kier alpha value is -0.610. The molecular formula is C15H28N2O2. The van der Waals surface area contributed by atoms with Gasteiger partial charge in [0.2, 0.25) is 5.91 Å². The lowest BCUT2D eigenvalue weighted by Gasteiger charge is -2.35. The Balaban J connectivity index is 1.94. The fourth-order valence-corrected chi connectivity index (χ4v) is 3.64. The molecular weight excluding hydrogens is 240 g/mol. The quantitative estimate of drug-likeness (QED) is 0.849. The minimum absolute atomic E-state index is 0.0872. The van der Waals surface area contributed by atoms with Gasteiger partial charge in [-0.2, -0.15) is 0 Å². The SMILES string of the molecule is CC1OCCC1N(C)C(=O)C(C)C1CCCC(N)C1. The highest BCUT2D eigenvalue weighted by molar-refractivity contribution is 5.79. The summed E-state index contributed by atoms with van der Waals surface area (Å²) in [5.41, 5.74) is 6.04. The normalized spacial score (nSPS) is 37.1. The van der Waals surface area contributed by atoms with E-state index in [1.54, 1.807) is 0 Å². The Bertz CT molecular complexity index is 321. The highest BCUT2D eigenvalue weighted by atomic mass is 16.5. The first-order valence-electron chi connectivity index (χ1n) is 7.64. The van der Waals surface area contributed by atoms with Gasteiger partial charge in [-0.3, -0.25) is 4.79 Å². The van der Waals surface area contributed by atoms with E-state index in [9.17, 15) is 4.79 Å². The fourth-order valence-electron chi connectivity index (χ4n) is 3.64. The number of nitrogens with two attached hydrogens (primary N) is 1. The molecule has 1 aliphatic heterocycles. The Kier molecular flexibility index (Phi) is 4.85. The molecule has 0 aromatic heterocycles. The molecule has 1 aliphatic carbocycles. The predicted molar refractivity (Wildman–Crippen MR) is 75.7 cm³/mol. The highest BCUT2D eigenvalue weighted by Crippen LogP contribution is 2.31. The molecule has 4 heteroatoms. The maximum absolute atomic E-state index is 12.6. The zero-order valence-electron chi connectivity index (χ0n) is 12.5. The molecule has 0 radical (unpaired) electrons. The second kappa shape index (κ2) is 6.23. The Labute approximate surface area is 116 Å². The zero-order chi connectivity index (χ0) is 14.0. The van der Waals surface area contributed by atoms with Crippen LogP contribution >= 0.6 is 0 Å². The van der Waals surface area contributed by atoms with E-state index >= 15 is 0 Å². The molecule has 19 heavy (non-hydrogen) atoms. The molecule has 5 unspecified atom stereocenters. The van der Waals surface area contributed by atoms with Gasteiger partial charge in [-0.1, -0.05) is 13.3 Å². The summed E-state index contributed by atoms with van der Waals surface area (Å²) in [6.45, 7) is 4.90. The summed E-state index contributed by atoms with van der Waals surface area (Å²) >= 11 is 0. The van der Waals surface area contributed by atoms with Crippen LogP contribution in [0.5, 0.6) is 0 Å². The van der Waals surface area contributed by atoms with E-state index in [2.05, 4.69) is 13.8 Å². The molecule has 2 rings (SSSR count). The van der Waals surface area contributed by atoms with E-state index in [1.165, 1.54) is 0 Å². The molecule has 2 N–H and O–H groups in total. The summed E-state index contributed by atoms with van der Waals surface area (Å²) in [5.74, 6) is 0.807. The lowest BCUT2D eigenvalue weighted by atomic mass is 9.78. The average molecular weight is 268 g/mol. The molecule has 4 nitrogen and oxygen atoms in total. The molecule has 5 atom stereocenters. The minimum Gasteiger partial charge on any atom is -0.376 e. The van der Waals surface area contributed by atoms with Crippen LogP contribution < -0.4 is 5.73 Å². The first kappa shape index (κ1) is 14.8. The summed E-state index contributed by atoms with van der Waals surface area (Å²) < 4.78 is 5.57. The molecule has 0 aromatic rings. The van der Waals surface area contributed by atoms with Crippen molar-refractivity contribution < 1.29 is 9.53 Å². The van der Waals surface area contributed by atoms with E-state index in [-0.39, 0.29) is 30.0 Å². The van der Waals surface area contributed by atoms with Crippen molar-refractivity contribution in [3.8, 4) is 0 Å². The van der Waals surface area contributed by atoms with Crippen molar-refractivity contribution in [1.82, 2.24) is 4.90 Å². The van der Waals surface area contributed by atoms with Gasteiger partial charge >= 0.3 is 0 Å². The fraction of sp³-hybridized carbons (Fsp3) is 0.933. The summed E-state index contributed by atoms with van der Waals surface area (Å²) in [6, 6.07) is 0.528. The van der Waals surface area contributed by atoms with Crippen LogP contribution in [0.15, 0.2) is 0 Å². The zero-order valence-corrected chi connectivity index (χ0v) is 12.5. The van der Waals surface area contributed by atoms with E-state index < -0.39 is 0 Å². The average Bonchev–Trinajstić information content (AvgIpc) is 2.82. The van der Waals surface area contributed by atoms with Crippen molar-refractivity contribution >= 4 is 5.91 Å². The molecule has 1 amide bonds. The van der Waals surface area contributed by atoms with Gasteiger partial charge in [-0.15, -0.1) is 0 Å². The molecule has 1 saturated heterocycles. The molecule has 2 fully saturated rings. The van der Waals surface area contributed by atoms with Crippen molar-refractivity contribution in [3.05, 3.63) is 0 Å². The summed E-state index contributed by atoms with van der Waals surface area (Å²) in [4.78, 5) is 14.5. The minimum atomic E-state index is 0.0872. The topological polar surface area (TPSA) is 55.6 Å². The number of hydrogen-bond acceptors (Lipinski definition) is 3. The third kappa shape index (κ3) is 3.29. The summed E-state index contributed by atoms with van der Waals surface area (Å²) in [7, 11) is 1.93. The third-order valence-electron chi connectivity index (χ3n) is 5.03. The van der Waals surface area contributed by atoms with E-state index in [0.29, 0.717) is 5.92 Å². The molecule has 0 aromatic carbocycles. The van der Waals surface area contributed by atoms with Gasteiger partial charge in [0.05, 0.1) is 12.1 Å². The van der Waals surface area contributed by atoms with Crippen molar-refractivity contribution in [2.24, 2.45) is 17.6 Å². The summed E-state index contributed by atoms with van der Waals surface area (Å²) in [5, 5.41) is 0. The molecule has 1 saturated carbocycles. The Morgan fingerprint density at radius 1 is 1.37 bits per heavy atom. The number of ether oxygens (including phenoxy) is 1. The van der Waals surface area contributed by atoms with Crippen LogP contribution in [0.25, 0.3) is 0 Å². The van der Waals surface area contributed by atoms with Crippen LogP contribution in [0.1, 0.15) is 46.0 Å². The number of hydrogen-bond donors (Lipinski definition) is 1. The lowest BCUT2D eigenvalue weighted by molar-refractivity contribution is -0.139. The molecule has 1 heterocycles. The second-order valence-corrected chi connectivity index (χ2v) is 6.36. The van der Waals surface area contributed by atoms with Gasteiger partial charge in [0.1, 0.15) is 0 Å². The van der Waals surface area contributed by atoms with Gasteiger partial charge in [0.15, 0.2) is 0 Å². The first-order chi connectivity index (χ1) is 9.00. The first-order valence-corrected chi connectivity index (χ1v) is 7.64. The van der Waals surface area contributed by atoms with Crippen LogP contribution in [-0.4, -0.2) is 42.6 Å². The number of rotatable bonds is 3. The lowest BCUT2D eigenvalue weighted by Crippen LogP contribution is -2.45. The standard InChI is InChI=1S/C15H28N2O2/c1-10(12-5-4-6-13(16)9-12)15(18)17(3)14-7-8-19-11(14)2/h10-14H,4-9,16H2,1-3H3. The van der Waals surface area contributed by atoms with Crippen molar-refractivity contribution in [1.29, 1.82) is 0 Å². The largest absolute Gasteiger partial charge is 0.376 e. The maximum Gasteiger partial charge on any atom is 0.225 e. The van der Waals surface area contributed by atoms with Crippen molar-refractivity contribution in [3.63, 3.8) is 0 Å². The van der Waals surface area contributed by atoms with Gasteiger partial charge < -0.3 is 15.4 Å². The smallest absolute Gasteiger partial charge is 0.225 e.